The van der Waals surface area contributed by atoms with Gasteiger partial charge in [-0.1, -0.05) is 23.7 Å². The molecule has 4 heteroatoms. The lowest BCUT2D eigenvalue weighted by molar-refractivity contribution is -0.0753. The zero-order valence-electron chi connectivity index (χ0n) is 8.85. The molecule has 1 heterocycles. The van der Waals surface area contributed by atoms with Crippen molar-refractivity contribution in [1.29, 1.82) is 0 Å². The van der Waals surface area contributed by atoms with Gasteiger partial charge >= 0.3 is 0 Å². The molecule has 2 rings (SSSR count). The maximum absolute atomic E-state index is 14.1. The fourth-order valence-electron chi connectivity index (χ4n) is 2.09. The van der Waals surface area contributed by atoms with E-state index in [1.165, 1.54) is 24.3 Å². The first-order chi connectivity index (χ1) is 7.60. The molecular formula is C12H14ClF2N. The summed E-state index contributed by atoms with van der Waals surface area (Å²) in [6.45, 7) is 1.35. The normalized spacial score (nSPS) is 18.7. The average molecular weight is 246 g/mol. The van der Waals surface area contributed by atoms with E-state index < -0.39 is 11.8 Å². The van der Waals surface area contributed by atoms with Crippen LogP contribution in [0.4, 0.5) is 8.78 Å². The van der Waals surface area contributed by atoms with Gasteiger partial charge in [-0.15, -0.1) is 0 Å². The van der Waals surface area contributed by atoms with E-state index in [9.17, 15) is 8.78 Å². The fourth-order valence-corrected chi connectivity index (χ4v) is 2.22. The smallest absolute Gasteiger partial charge is 0.276 e. The van der Waals surface area contributed by atoms with Crippen LogP contribution in [0.3, 0.4) is 0 Å². The van der Waals surface area contributed by atoms with Crippen LogP contribution in [0.1, 0.15) is 18.4 Å². The Morgan fingerprint density at radius 3 is 2.25 bits per heavy atom. The van der Waals surface area contributed by atoms with E-state index in [4.69, 9.17) is 11.6 Å². The Balaban J connectivity index is 2.19. The lowest BCUT2D eigenvalue weighted by atomic mass is 9.87. The summed E-state index contributed by atoms with van der Waals surface area (Å²) in [7, 11) is 0. The van der Waals surface area contributed by atoms with E-state index >= 15 is 0 Å². The molecule has 1 aromatic rings. The molecule has 0 atom stereocenters. The van der Waals surface area contributed by atoms with Crippen molar-refractivity contribution in [3.63, 3.8) is 0 Å². The Hall–Kier alpha value is -0.670. The van der Waals surface area contributed by atoms with Crippen molar-refractivity contribution in [2.45, 2.75) is 18.8 Å². The van der Waals surface area contributed by atoms with Crippen molar-refractivity contribution in [2.24, 2.45) is 5.92 Å². The third-order valence-electron chi connectivity index (χ3n) is 3.08. The van der Waals surface area contributed by atoms with Crippen LogP contribution in [0.15, 0.2) is 24.3 Å². The molecule has 1 N–H and O–H groups in total. The van der Waals surface area contributed by atoms with Crippen molar-refractivity contribution in [1.82, 2.24) is 5.32 Å². The standard InChI is InChI=1S/C12H14ClF2N/c13-11-3-1-9(2-4-11)12(14,15)10-5-7-16-8-6-10/h1-4,10,16H,5-8H2. The number of benzene rings is 1. The van der Waals surface area contributed by atoms with Gasteiger partial charge in [0.1, 0.15) is 0 Å². The number of hydrogen-bond donors (Lipinski definition) is 1. The summed E-state index contributed by atoms with van der Waals surface area (Å²) in [5, 5.41) is 3.58. The van der Waals surface area contributed by atoms with Crippen LogP contribution >= 0.6 is 11.6 Å². The lowest BCUT2D eigenvalue weighted by Gasteiger charge is -2.30. The fraction of sp³-hybridized carbons (Fsp3) is 0.500. The summed E-state index contributed by atoms with van der Waals surface area (Å²) in [5.74, 6) is -3.30. The SMILES string of the molecule is FC(F)(c1ccc(Cl)cc1)C1CCNCC1. The van der Waals surface area contributed by atoms with E-state index in [-0.39, 0.29) is 5.56 Å². The first-order valence-corrected chi connectivity index (χ1v) is 5.83. The highest BCUT2D eigenvalue weighted by molar-refractivity contribution is 6.30. The molecule has 0 aliphatic carbocycles. The van der Waals surface area contributed by atoms with Crippen LogP contribution in [-0.4, -0.2) is 13.1 Å². The summed E-state index contributed by atoms with van der Waals surface area (Å²) in [4.78, 5) is 0. The minimum absolute atomic E-state index is 0.0730. The minimum Gasteiger partial charge on any atom is -0.317 e. The number of alkyl halides is 2. The summed E-state index contributed by atoms with van der Waals surface area (Å²) in [6, 6.07) is 5.88. The molecule has 0 unspecified atom stereocenters. The molecular weight excluding hydrogens is 232 g/mol. The lowest BCUT2D eigenvalue weighted by Crippen LogP contribution is -2.36. The first-order valence-electron chi connectivity index (χ1n) is 5.45. The first kappa shape index (κ1) is 11.8. The molecule has 88 valence electrons. The van der Waals surface area contributed by atoms with Gasteiger partial charge < -0.3 is 5.32 Å². The highest BCUT2D eigenvalue weighted by Gasteiger charge is 2.41. The second-order valence-electron chi connectivity index (χ2n) is 4.15. The molecule has 1 aliphatic rings. The summed E-state index contributed by atoms with van der Waals surface area (Å²) < 4.78 is 28.2. The summed E-state index contributed by atoms with van der Waals surface area (Å²) >= 11 is 5.69. The predicted octanol–water partition coefficient (Wildman–Crippen LogP) is 3.43. The van der Waals surface area contributed by atoms with Gasteiger partial charge in [0.2, 0.25) is 0 Å². The molecule has 0 spiro atoms. The molecule has 1 aliphatic heterocycles. The largest absolute Gasteiger partial charge is 0.317 e. The molecule has 0 saturated carbocycles. The van der Waals surface area contributed by atoms with Gasteiger partial charge in [-0.2, -0.15) is 0 Å². The van der Waals surface area contributed by atoms with Crippen LogP contribution < -0.4 is 5.32 Å². The highest BCUT2D eigenvalue weighted by Crippen LogP contribution is 2.40. The van der Waals surface area contributed by atoms with Gasteiger partial charge in [0.25, 0.3) is 5.92 Å². The third-order valence-corrected chi connectivity index (χ3v) is 3.33. The van der Waals surface area contributed by atoms with E-state index in [0.29, 0.717) is 31.0 Å². The molecule has 1 aromatic carbocycles. The topological polar surface area (TPSA) is 12.0 Å². The highest BCUT2D eigenvalue weighted by atomic mass is 35.5. The van der Waals surface area contributed by atoms with Crippen LogP contribution in [0.5, 0.6) is 0 Å². The van der Waals surface area contributed by atoms with Gasteiger partial charge in [0.15, 0.2) is 0 Å². The molecule has 1 nitrogen and oxygen atoms in total. The Labute approximate surface area is 98.8 Å². The molecule has 0 amide bonds. The van der Waals surface area contributed by atoms with E-state index in [0.717, 1.165) is 0 Å². The molecule has 0 radical (unpaired) electrons. The maximum atomic E-state index is 14.1. The molecule has 0 bridgehead atoms. The Morgan fingerprint density at radius 1 is 1.12 bits per heavy atom. The van der Waals surface area contributed by atoms with Gasteiger partial charge in [-0.05, 0) is 38.1 Å². The zero-order chi connectivity index (χ0) is 11.6. The van der Waals surface area contributed by atoms with Crippen molar-refractivity contribution >= 4 is 11.6 Å². The van der Waals surface area contributed by atoms with Crippen LogP contribution in [0.2, 0.25) is 5.02 Å². The van der Waals surface area contributed by atoms with Gasteiger partial charge in [0, 0.05) is 16.5 Å². The summed E-state index contributed by atoms with van der Waals surface area (Å²) in [5.41, 5.74) is 0.0730. The summed E-state index contributed by atoms with van der Waals surface area (Å²) in [6.07, 6.45) is 1.05. The number of hydrogen-bond acceptors (Lipinski definition) is 1. The number of nitrogens with one attached hydrogen (secondary N) is 1. The van der Waals surface area contributed by atoms with Crippen LogP contribution in [-0.2, 0) is 5.92 Å². The number of piperidine rings is 1. The number of rotatable bonds is 2. The monoisotopic (exact) mass is 245 g/mol. The van der Waals surface area contributed by atoms with Crippen LogP contribution in [0.25, 0.3) is 0 Å². The number of halogens is 3. The van der Waals surface area contributed by atoms with Crippen molar-refractivity contribution in [2.75, 3.05) is 13.1 Å². The van der Waals surface area contributed by atoms with Crippen molar-refractivity contribution in [3.05, 3.63) is 34.9 Å². The quantitative estimate of drug-likeness (QED) is 0.842. The Kier molecular flexibility index (Phi) is 3.45. The van der Waals surface area contributed by atoms with Crippen molar-refractivity contribution < 1.29 is 8.78 Å². The van der Waals surface area contributed by atoms with Gasteiger partial charge in [-0.3, -0.25) is 0 Å². The predicted molar refractivity (Wildman–Crippen MR) is 60.9 cm³/mol. The molecule has 16 heavy (non-hydrogen) atoms. The molecule has 1 saturated heterocycles. The molecule has 1 fully saturated rings. The third kappa shape index (κ3) is 2.36. The van der Waals surface area contributed by atoms with Crippen LogP contribution in [0, 0.1) is 5.92 Å². The van der Waals surface area contributed by atoms with Gasteiger partial charge in [0.05, 0.1) is 0 Å². The second-order valence-corrected chi connectivity index (χ2v) is 4.59. The van der Waals surface area contributed by atoms with E-state index in [2.05, 4.69) is 5.32 Å². The van der Waals surface area contributed by atoms with Crippen molar-refractivity contribution in [3.8, 4) is 0 Å². The average Bonchev–Trinajstić information content (AvgIpc) is 2.31. The van der Waals surface area contributed by atoms with E-state index in [1.54, 1.807) is 0 Å². The molecule has 0 aromatic heterocycles. The van der Waals surface area contributed by atoms with Gasteiger partial charge in [-0.25, -0.2) is 8.78 Å². The minimum atomic E-state index is -2.74. The van der Waals surface area contributed by atoms with E-state index in [1.807, 2.05) is 0 Å². The Bertz CT molecular complexity index is 345. The second kappa shape index (κ2) is 4.68. The zero-order valence-corrected chi connectivity index (χ0v) is 9.61. The maximum Gasteiger partial charge on any atom is 0.276 e. The Morgan fingerprint density at radius 2 is 1.69 bits per heavy atom.